The molecule has 1 aliphatic rings. The van der Waals surface area contributed by atoms with Crippen LogP contribution in [0.5, 0.6) is 0 Å². The molecule has 0 aliphatic heterocycles. The zero-order valence-corrected chi connectivity index (χ0v) is 6.98. The van der Waals surface area contributed by atoms with Gasteiger partial charge in [-0.05, 0) is 25.7 Å². The molecule has 0 aromatic rings. The van der Waals surface area contributed by atoms with Crippen molar-refractivity contribution in [2.45, 2.75) is 39.5 Å². The van der Waals surface area contributed by atoms with Crippen LogP contribution >= 0.6 is 0 Å². The molecule has 1 saturated carbocycles. The Morgan fingerprint density at radius 3 is 1.70 bits per heavy atom. The van der Waals surface area contributed by atoms with E-state index in [9.17, 15) is 0 Å². The fourth-order valence-electron chi connectivity index (χ4n) is 1.40. The topological polar surface area (TPSA) is 0 Å². The highest BCUT2D eigenvalue weighted by atomic mass is 14.2. The molecule has 0 saturated heterocycles. The molecule has 0 atom stereocenters. The third-order valence-electron chi connectivity index (χ3n) is 1.89. The van der Waals surface area contributed by atoms with Crippen LogP contribution in [-0.2, 0) is 0 Å². The maximum atomic E-state index is 2.35. The maximum absolute atomic E-state index is 2.35. The van der Waals surface area contributed by atoms with Gasteiger partial charge in [0.1, 0.15) is 0 Å². The standard InChI is InChI=1S/C10H16/c1-3-5-9-7-10(8-9)6-4-2/h5-6H,3-4,7-8H2,1-2H3. The van der Waals surface area contributed by atoms with Crippen molar-refractivity contribution in [1.29, 1.82) is 0 Å². The lowest BCUT2D eigenvalue weighted by Crippen LogP contribution is -2.01. The summed E-state index contributed by atoms with van der Waals surface area (Å²) in [5.41, 5.74) is 3.28. The second-order valence-electron chi connectivity index (χ2n) is 2.89. The minimum Gasteiger partial charge on any atom is -0.0850 e. The predicted molar refractivity (Wildman–Crippen MR) is 46.0 cm³/mol. The van der Waals surface area contributed by atoms with Crippen molar-refractivity contribution in [1.82, 2.24) is 0 Å². The molecule has 0 amide bonds. The van der Waals surface area contributed by atoms with Crippen LogP contribution in [-0.4, -0.2) is 0 Å². The Balaban J connectivity index is 2.30. The van der Waals surface area contributed by atoms with E-state index in [1.807, 2.05) is 0 Å². The summed E-state index contributed by atoms with van der Waals surface area (Å²) >= 11 is 0. The summed E-state index contributed by atoms with van der Waals surface area (Å²) in [6.45, 7) is 4.41. The van der Waals surface area contributed by atoms with Crippen LogP contribution in [0.15, 0.2) is 23.3 Å². The summed E-state index contributed by atoms with van der Waals surface area (Å²) < 4.78 is 0. The lowest BCUT2D eigenvalue weighted by atomic mass is 9.85. The molecule has 1 rings (SSSR count). The van der Waals surface area contributed by atoms with Gasteiger partial charge in [-0.3, -0.25) is 0 Å². The number of rotatable bonds is 2. The van der Waals surface area contributed by atoms with Crippen molar-refractivity contribution in [3.8, 4) is 0 Å². The molecular formula is C10H16. The monoisotopic (exact) mass is 136 g/mol. The van der Waals surface area contributed by atoms with E-state index < -0.39 is 0 Å². The summed E-state index contributed by atoms with van der Waals surface area (Å²) in [7, 11) is 0. The van der Waals surface area contributed by atoms with Crippen molar-refractivity contribution < 1.29 is 0 Å². The molecule has 0 spiro atoms. The van der Waals surface area contributed by atoms with Crippen molar-refractivity contribution in [3.05, 3.63) is 23.3 Å². The summed E-state index contributed by atoms with van der Waals surface area (Å²) in [6, 6.07) is 0. The van der Waals surface area contributed by atoms with E-state index in [2.05, 4.69) is 26.0 Å². The first-order chi connectivity index (χ1) is 4.86. The highest BCUT2D eigenvalue weighted by Gasteiger charge is 2.12. The Kier molecular flexibility index (Phi) is 2.73. The van der Waals surface area contributed by atoms with Crippen LogP contribution in [0, 0.1) is 0 Å². The Labute approximate surface area is 63.6 Å². The molecule has 1 aliphatic carbocycles. The molecule has 0 radical (unpaired) electrons. The SMILES string of the molecule is CCC=C1CC(=CCC)C1. The summed E-state index contributed by atoms with van der Waals surface area (Å²) in [5, 5.41) is 0. The van der Waals surface area contributed by atoms with E-state index in [0.717, 1.165) is 0 Å². The average molecular weight is 136 g/mol. The van der Waals surface area contributed by atoms with Crippen LogP contribution in [0.3, 0.4) is 0 Å². The van der Waals surface area contributed by atoms with Gasteiger partial charge in [0.05, 0.1) is 0 Å². The van der Waals surface area contributed by atoms with Gasteiger partial charge in [0.2, 0.25) is 0 Å². The van der Waals surface area contributed by atoms with Gasteiger partial charge in [-0.15, -0.1) is 0 Å². The average Bonchev–Trinajstić information content (AvgIpc) is 1.84. The molecule has 0 N–H and O–H groups in total. The van der Waals surface area contributed by atoms with Crippen LogP contribution in [0.2, 0.25) is 0 Å². The van der Waals surface area contributed by atoms with Crippen molar-refractivity contribution in [3.63, 3.8) is 0 Å². The second-order valence-corrected chi connectivity index (χ2v) is 2.89. The van der Waals surface area contributed by atoms with E-state index >= 15 is 0 Å². The molecule has 0 aromatic carbocycles. The van der Waals surface area contributed by atoms with E-state index in [-0.39, 0.29) is 0 Å². The zero-order chi connectivity index (χ0) is 7.40. The number of allylic oxidation sites excluding steroid dienone is 4. The lowest BCUT2D eigenvalue weighted by molar-refractivity contribution is 0.834. The van der Waals surface area contributed by atoms with Gasteiger partial charge >= 0.3 is 0 Å². The smallest absolute Gasteiger partial charge is 0.0102 e. The molecule has 56 valence electrons. The zero-order valence-electron chi connectivity index (χ0n) is 6.98. The van der Waals surface area contributed by atoms with E-state index in [1.165, 1.54) is 25.7 Å². The van der Waals surface area contributed by atoms with E-state index in [1.54, 1.807) is 11.1 Å². The van der Waals surface area contributed by atoms with Gasteiger partial charge in [0, 0.05) is 0 Å². The highest BCUT2D eigenvalue weighted by molar-refractivity contribution is 5.31. The fraction of sp³-hybridized carbons (Fsp3) is 0.600. The van der Waals surface area contributed by atoms with Gasteiger partial charge in [0.15, 0.2) is 0 Å². The van der Waals surface area contributed by atoms with Gasteiger partial charge < -0.3 is 0 Å². The third-order valence-corrected chi connectivity index (χ3v) is 1.89. The molecule has 0 nitrogen and oxygen atoms in total. The van der Waals surface area contributed by atoms with Crippen molar-refractivity contribution >= 4 is 0 Å². The first kappa shape index (κ1) is 7.59. The van der Waals surface area contributed by atoms with Crippen molar-refractivity contribution in [2.24, 2.45) is 0 Å². The molecule has 0 heteroatoms. The van der Waals surface area contributed by atoms with E-state index in [4.69, 9.17) is 0 Å². The Bertz CT molecular complexity index is 133. The Hall–Kier alpha value is -0.520. The van der Waals surface area contributed by atoms with Crippen LogP contribution in [0.25, 0.3) is 0 Å². The summed E-state index contributed by atoms with van der Waals surface area (Å²) in [5.74, 6) is 0. The maximum Gasteiger partial charge on any atom is -0.0102 e. The van der Waals surface area contributed by atoms with Gasteiger partial charge in [-0.1, -0.05) is 37.1 Å². The van der Waals surface area contributed by atoms with Gasteiger partial charge in [-0.25, -0.2) is 0 Å². The van der Waals surface area contributed by atoms with Crippen LogP contribution < -0.4 is 0 Å². The first-order valence-electron chi connectivity index (χ1n) is 4.22. The van der Waals surface area contributed by atoms with Gasteiger partial charge in [-0.2, -0.15) is 0 Å². The molecule has 0 unspecified atom stereocenters. The summed E-state index contributed by atoms with van der Waals surface area (Å²) in [6.07, 6.45) is 9.65. The summed E-state index contributed by atoms with van der Waals surface area (Å²) in [4.78, 5) is 0. The lowest BCUT2D eigenvalue weighted by Gasteiger charge is -2.21. The largest absolute Gasteiger partial charge is 0.0850 e. The highest BCUT2D eigenvalue weighted by Crippen LogP contribution is 2.32. The minimum absolute atomic E-state index is 1.20. The first-order valence-corrected chi connectivity index (χ1v) is 4.22. The molecular weight excluding hydrogens is 120 g/mol. The minimum atomic E-state index is 1.20. The normalized spacial score (nSPS) is 16.6. The molecule has 0 heterocycles. The Morgan fingerprint density at radius 1 is 1.00 bits per heavy atom. The van der Waals surface area contributed by atoms with Crippen LogP contribution in [0.1, 0.15) is 39.5 Å². The second kappa shape index (κ2) is 3.60. The molecule has 10 heavy (non-hydrogen) atoms. The molecule has 0 bridgehead atoms. The number of hydrogen-bond donors (Lipinski definition) is 0. The number of hydrogen-bond acceptors (Lipinski definition) is 0. The van der Waals surface area contributed by atoms with Crippen molar-refractivity contribution in [2.75, 3.05) is 0 Å². The van der Waals surface area contributed by atoms with Crippen LogP contribution in [0.4, 0.5) is 0 Å². The molecule has 0 aromatic heterocycles. The third kappa shape index (κ3) is 1.73. The fourth-order valence-corrected chi connectivity index (χ4v) is 1.40. The molecule has 1 fully saturated rings. The van der Waals surface area contributed by atoms with E-state index in [0.29, 0.717) is 0 Å². The predicted octanol–water partition coefficient (Wildman–Crippen LogP) is 3.45. The Morgan fingerprint density at radius 2 is 1.40 bits per heavy atom. The quantitative estimate of drug-likeness (QED) is 0.510. The van der Waals surface area contributed by atoms with Gasteiger partial charge in [0.25, 0.3) is 0 Å².